The molecule has 0 aliphatic carbocycles. The highest BCUT2D eigenvalue weighted by Crippen LogP contribution is 2.16. The average molecular weight is 139 g/mol. The first kappa shape index (κ1) is 6.52. The maximum absolute atomic E-state index is 5.63. The molecular formula is C7H9NS. The predicted molar refractivity (Wildman–Crippen MR) is 41.4 cm³/mol. The van der Waals surface area contributed by atoms with Gasteiger partial charge in [-0.05, 0) is 11.4 Å². The van der Waals surface area contributed by atoms with Crippen molar-refractivity contribution in [2.24, 2.45) is 5.73 Å². The molecule has 0 fully saturated rings. The van der Waals surface area contributed by atoms with E-state index in [0.717, 1.165) is 0 Å². The van der Waals surface area contributed by atoms with Crippen molar-refractivity contribution in [2.75, 3.05) is 0 Å². The molecule has 1 unspecified atom stereocenters. The van der Waals surface area contributed by atoms with Crippen molar-refractivity contribution in [2.45, 2.75) is 6.04 Å². The van der Waals surface area contributed by atoms with Gasteiger partial charge < -0.3 is 5.73 Å². The molecule has 1 nitrogen and oxygen atoms in total. The van der Waals surface area contributed by atoms with Crippen LogP contribution < -0.4 is 5.73 Å². The van der Waals surface area contributed by atoms with E-state index in [0.29, 0.717) is 0 Å². The van der Waals surface area contributed by atoms with Crippen LogP contribution in [0, 0.1) is 0 Å². The summed E-state index contributed by atoms with van der Waals surface area (Å²) in [7, 11) is 0. The Bertz CT molecular complexity index is 179. The molecular weight excluding hydrogens is 130 g/mol. The number of hydrogen-bond donors (Lipinski definition) is 1. The summed E-state index contributed by atoms with van der Waals surface area (Å²) in [6, 6.07) is 4.02. The molecule has 2 N–H and O–H groups in total. The number of hydrogen-bond acceptors (Lipinski definition) is 2. The van der Waals surface area contributed by atoms with Crippen molar-refractivity contribution >= 4 is 11.3 Å². The Labute approximate surface area is 58.8 Å². The van der Waals surface area contributed by atoms with Crippen molar-refractivity contribution < 1.29 is 0 Å². The van der Waals surface area contributed by atoms with Gasteiger partial charge in [-0.2, -0.15) is 0 Å². The molecule has 1 aromatic heterocycles. The van der Waals surface area contributed by atoms with E-state index in [9.17, 15) is 0 Å². The minimum absolute atomic E-state index is 0.0185. The first-order valence-corrected chi connectivity index (χ1v) is 3.64. The summed E-state index contributed by atoms with van der Waals surface area (Å²) in [5, 5.41) is 2.01. The molecule has 9 heavy (non-hydrogen) atoms. The maximum Gasteiger partial charge on any atom is 0.0573 e. The zero-order valence-corrected chi connectivity index (χ0v) is 5.90. The van der Waals surface area contributed by atoms with Crippen LogP contribution in [0.1, 0.15) is 10.9 Å². The summed E-state index contributed by atoms with van der Waals surface area (Å²) in [4.78, 5) is 1.17. The Morgan fingerprint density at radius 3 is 3.00 bits per heavy atom. The Hall–Kier alpha value is -0.600. The fraction of sp³-hybridized carbons (Fsp3) is 0.143. The maximum atomic E-state index is 5.63. The van der Waals surface area contributed by atoms with Crippen LogP contribution in [0.2, 0.25) is 0 Å². The lowest BCUT2D eigenvalue weighted by Gasteiger charge is -1.98. The van der Waals surface area contributed by atoms with Gasteiger partial charge in [-0.25, -0.2) is 0 Å². The summed E-state index contributed by atoms with van der Waals surface area (Å²) in [5.74, 6) is 0. The monoisotopic (exact) mass is 139 g/mol. The fourth-order valence-electron chi connectivity index (χ4n) is 0.597. The van der Waals surface area contributed by atoms with E-state index in [1.54, 1.807) is 17.4 Å². The van der Waals surface area contributed by atoms with E-state index in [4.69, 9.17) is 5.73 Å². The predicted octanol–water partition coefficient (Wildman–Crippen LogP) is 1.93. The smallest absolute Gasteiger partial charge is 0.0573 e. The summed E-state index contributed by atoms with van der Waals surface area (Å²) in [5.41, 5.74) is 5.63. The van der Waals surface area contributed by atoms with Crippen molar-refractivity contribution in [3.63, 3.8) is 0 Å². The highest BCUT2D eigenvalue weighted by Gasteiger charge is 1.98. The van der Waals surface area contributed by atoms with Gasteiger partial charge in [0.15, 0.2) is 0 Å². The van der Waals surface area contributed by atoms with Crippen molar-refractivity contribution in [1.82, 2.24) is 0 Å². The van der Waals surface area contributed by atoms with Gasteiger partial charge in [0.1, 0.15) is 0 Å². The molecule has 0 amide bonds. The van der Waals surface area contributed by atoms with E-state index >= 15 is 0 Å². The van der Waals surface area contributed by atoms with Crippen LogP contribution in [0.15, 0.2) is 30.2 Å². The van der Waals surface area contributed by atoms with Gasteiger partial charge in [0.25, 0.3) is 0 Å². The molecule has 0 spiro atoms. The molecule has 0 bridgehead atoms. The lowest BCUT2D eigenvalue weighted by atomic mass is 10.2. The van der Waals surface area contributed by atoms with E-state index in [1.807, 2.05) is 17.5 Å². The third-order valence-corrected chi connectivity index (χ3v) is 2.10. The van der Waals surface area contributed by atoms with Gasteiger partial charge in [0.05, 0.1) is 6.04 Å². The summed E-state index contributed by atoms with van der Waals surface area (Å²) >= 11 is 1.66. The van der Waals surface area contributed by atoms with Gasteiger partial charge in [0.2, 0.25) is 0 Å². The second-order valence-electron chi connectivity index (χ2n) is 1.78. The Morgan fingerprint density at radius 1 is 1.78 bits per heavy atom. The van der Waals surface area contributed by atoms with E-state index in [1.165, 1.54) is 4.88 Å². The number of thiophene rings is 1. The summed E-state index contributed by atoms with van der Waals surface area (Å²) < 4.78 is 0. The third-order valence-electron chi connectivity index (χ3n) is 1.13. The Morgan fingerprint density at radius 2 is 2.56 bits per heavy atom. The molecule has 2 heteroatoms. The zero-order chi connectivity index (χ0) is 6.69. The molecule has 0 aliphatic heterocycles. The lowest BCUT2D eigenvalue weighted by Crippen LogP contribution is -2.03. The molecule has 0 aliphatic rings. The first-order chi connectivity index (χ1) is 4.34. The second kappa shape index (κ2) is 2.80. The molecule has 48 valence electrons. The summed E-state index contributed by atoms with van der Waals surface area (Å²) in [6.07, 6.45) is 1.74. The summed E-state index contributed by atoms with van der Waals surface area (Å²) in [6.45, 7) is 3.60. The topological polar surface area (TPSA) is 26.0 Å². The first-order valence-electron chi connectivity index (χ1n) is 2.76. The van der Waals surface area contributed by atoms with Crippen molar-refractivity contribution in [3.05, 3.63) is 35.0 Å². The third kappa shape index (κ3) is 1.40. The van der Waals surface area contributed by atoms with Gasteiger partial charge in [-0.1, -0.05) is 12.1 Å². The zero-order valence-electron chi connectivity index (χ0n) is 5.08. The fourth-order valence-corrected chi connectivity index (χ4v) is 1.32. The van der Waals surface area contributed by atoms with E-state index in [-0.39, 0.29) is 6.04 Å². The molecule has 1 rings (SSSR count). The minimum atomic E-state index is 0.0185. The average Bonchev–Trinajstić information content (AvgIpc) is 2.37. The molecule has 0 aromatic carbocycles. The lowest BCUT2D eigenvalue weighted by molar-refractivity contribution is 0.940. The quantitative estimate of drug-likeness (QED) is 0.622. The van der Waals surface area contributed by atoms with Crippen LogP contribution in [0.4, 0.5) is 0 Å². The van der Waals surface area contributed by atoms with E-state index < -0.39 is 0 Å². The second-order valence-corrected chi connectivity index (χ2v) is 2.76. The van der Waals surface area contributed by atoms with E-state index in [2.05, 4.69) is 6.58 Å². The Balaban J connectivity index is 2.76. The van der Waals surface area contributed by atoms with Crippen LogP contribution in [-0.2, 0) is 0 Å². The molecule has 1 aromatic rings. The minimum Gasteiger partial charge on any atom is -0.320 e. The van der Waals surface area contributed by atoms with Crippen molar-refractivity contribution in [3.8, 4) is 0 Å². The normalized spacial score (nSPS) is 13.0. The van der Waals surface area contributed by atoms with Gasteiger partial charge in [0, 0.05) is 4.88 Å². The van der Waals surface area contributed by atoms with Crippen LogP contribution in [0.3, 0.4) is 0 Å². The van der Waals surface area contributed by atoms with Gasteiger partial charge in [-0.15, -0.1) is 17.9 Å². The number of rotatable bonds is 2. The van der Waals surface area contributed by atoms with Crippen LogP contribution >= 0.6 is 11.3 Å². The van der Waals surface area contributed by atoms with Gasteiger partial charge in [-0.3, -0.25) is 0 Å². The Kier molecular flexibility index (Phi) is 2.03. The standard InChI is InChI=1S/C7H9NS/c1-2-6(8)7-4-3-5-9-7/h2-6H,1,8H2. The highest BCUT2D eigenvalue weighted by atomic mass is 32.1. The molecule has 1 atom stereocenters. The molecule has 0 saturated carbocycles. The van der Waals surface area contributed by atoms with Crippen LogP contribution in [0.5, 0.6) is 0 Å². The van der Waals surface area contributed by atoms with Crippen molar-refractivity contribution in [1.29, 1.82) is 0 Å². The van der Waals surface area contributed by atoms with Crippen LogP contribution in [-0.4, -0.2) is 0 Å². The molecule has 0 radical (unpaired) electrons. The largest absolute Gasteiger partial charge is 0.320 e. The SMILES string of the molecule is C=CC(N)c1cccs1. The highest BCUT2D eigenvalue weighted by molar-refractivity contribution is 7.10. The molecule has 1 heterocycles. The molecule has 0 saturated heterocycles. The van der Waals surface area contributed by atoms with Gasteiger partial charge >= 0.3 is 0 Å². The number of nitrogens with two attached hydrogens (primary N) is 1. The van der Waals surface area contributed by atoms with Crippen LogP contribution in [0.25, 0.3) is 0 Å².